The van der Waals surface area contributed by atoms with Gasteiger partial charge < -0.3 is 14.6 Å². The summed E-state index contributed by atoms with van der Waals surface area (Å²) in [5.74, 6) is 1.66. The second-order valence-electron chi connectivity index (χ2n) is 11.7. The minimum absolute atomic E-state index is 0.118. The number of fused-ring (bicyclic) bond motifs is 1. The molecule has 2 heterocycles. The summed E-state index contributed by atoms with van der Waals surface area (Å²) in [5, 5.41) is 11.4. The number of aliphatic hydroxyl groups is 1. The zero-order chi connectivity index (χ0) is 26.9. The Kier molecular flexibility index (Phi) is 8.29. The Labute approximate surface area is 228 Å². The average molecular weight is 538 g/mol. The molecule has 1 aliphatic carbocycles. The molecule has 0 amide bonds. The molecule has 0 spiro atoms. The van der Waals surface area contributed by atoms with Crippen LogP contribution in [-0.4, -0.2) is 42.1 Å². The SMILES string of the molecule is Cc1ccc(S(=O)(=O)NCc2c(CO)c3ccccc3n2C2CCN(C3CCC(C(C)C)CC3)CC2)cc1. The van der Waals surface area contributed by atoms with E-state index in [-0.39, 0.29) is 24.1 Å². The van der Waals surface area contributed by atoms with Crippen LogP contribution in [0.25, 0.3) is 10.9 Å². The van der Waals surface area contributed by atoms with E-state index in [0.29, 0.717) is 6.04 Å². The molecule has 0 bridgehead atoms. The van der Waals surface area contributed by atoms with Gasteiger partial charge in [0.2, 0.25) is 10.0 Å². The van der Waals surface area contributed by atoms with E-state index in [1.165, 1.54) is 25.7 Å². The Balaban J connectivity index is 1.36. The molecule has 3 aromatic rings. The van der Waals surface area contributed by atoms with Crippen LogP contribution in [0.2, 0.25) is 0 Å². The zero-order valence-corrected chi connectivity index (χ0v) is 23.9. The van der Waals surface area contributed by atoms with Gasteiger partial charge >= 0.3 is 0 Å². The van der Waals surface area contributed by atoms with Crippen LogP contribution >= 0.6 is 0 Å². The van der Waals surface area contributed by atoms with Crippen LogP contribution in [0.5, 0.6) is 0 Å². The number of nitrogens with one attached hydrogen (secondary N) is 1. The molecular formula is C31H43N3O3S. The quantitative estimate of drug-likeness (QED) is 0.382. The fourth-order valence-corrected chi connectivity index (χ4v) is 7.77. The summed E-state index contributed by atoms with van der Waals surface area (Å²) in [6, 6.07) is 16.0. The molecule has 2 N–H and O–H groups in total. The molecule has 0 unspecified atom stereocenters. The Morgan fingerprint density at radius 2 is 1.58 bits per heavy atom. The summed E-state index contributed by atoms with van der Waals surface area (Å²) < 4.78 is 31.4. The van der Waals surface area contributed by atoms with Gasteiger partial charge in [-0.3, -0.25) is 0 Å². The number of piperidine rings is 1. The van der Waals surface area contributed by atoms with E-state index in [1.807, 2.05) is 37.3 Å². The second-order valence-corrected chi connectivity index (χ2v) is 13.5. The lowest BCUT2D eigenvalue weighted by atomic mass is 9.79. The summed E-state index contributed by atoms with van der Waals surface area (Å²) in [6.07, 6.45) is 7.36. The van der Waals surface area contributed by atoms with E-state index < -0.39 is 10.0 Å². The first kappa shape index (κ1) is 27.4. The van der Waals surface area contributed by atoms with Crippen LogP contribution in [-0.2, 0) is 23.2 Å². The van der Waals surface area contributed by atoms with E-state index >= 15 is 0 Å². The number of nitrogens with zero attached hydrogens (tertiary/aromatic N) is 2. The number of aryl methyl sites for hydroxylation is 1. The molecule has 38 heavy (non-hydrogen) atoms. The number of likely N-dealkylation sites (tertiary alicyclic amines) is 1. The number of rotatable bonds is 8. The third kappa shape index (κ3) is 5.57. The van der Waals surface area contributed by atoms with Crippen molar-refractivity contribution in [1.29, 1.82) is 0 Å². The maximum absolute atomic E-state index is 13.1. The maximum Gasteiger partial charge on any atom is 0.240 e. The fraction of sp³-hybridized carbons (Fsp3) is 0.548. The van der Waals surface area contributed by atoms with Crippen LogP contribution in [0.1, 0.15) is 75.2 Å². The molecule has 7 heteroatoms. The van der Waals surface area contributed by atoms with Crippen molar-refractivity contribution in [3.63, 3.8) is 0 Å². The van der Waals surface area contributed by atoms with Gasteiger partial charge in [-0.15, -0.1) is 0 Å². The van der Waals surface area contributed by atoms with Crippen LogP contribution < -0.4 is 4.72 Å². The number of para-hydroxylation sites is 1. The standard InChI is InChI=1S/C31H43N3O3S/c1-22(2)24-10-12-25(13-11-24)33-18-16-26(17-19-33)34-30-7-5-4-6-28(30)29(21-35)31(34)20-32-38(36,37)27-14-8-23(3)9-15-27/h4-9,14-15,22,24-26,32,35H,10-13,16-21H2,1-3H3. The highest BCUT2D eigenvalue weighted by atomic mass is 32.2. The smallest absolute Gasteiger partial charge is 0.240 e. The Morgan fingerprint density at radius 1 is 0.921 bits per heavy atom. The second kappa shape index (κ2) is 11.5. The average Bonchev–Trinajstić information content (AvgIpc) is 3.25. The van der Waals surface area contributed by atoms with Crippen LogP contribution in [0.3, 0.4) is 0 Å². The number of aliphatic hydroxyl groups excluding tert-OH is 1. The van der Waals surface area contributed by atoms with Crippen molar-refractivity contribution in [2.75, 3.05) is 13.1 Å². The van der Waals surface area contributed by atoms with Gasteiger partial charge in [0.1, 0.15) is 0 Å². The van der Waals surface area contributed by atoms with E-state index in [1.54, 1.807) is 12.1 Å². The first-order valence-corrected chi connectivity index (χ1v) is 15.8. The molecule has 1 aliphatic heterocycles. The topological polar surface area (TPSA) is 74.6 Å². The van der Waals surface area contributed by atoms with Crippen molar-refractivity contribution in [3.8, 4) is 0 Å². The van der Waals surface area contributed by atoms with E-state index in [2.05, 4.69) is 34.1 Å². The minimum atomic E-state index is -3.67. The number of aromatic nitrogens is 1. The molecule has 1 aromatic heterocycles. The molecule has 0 atom stereocenters. The molecule has 0 radical (unpaired) electrons. The van der Waals surface area contributed by atoms with Gasteiger partial charge in [0.25, 0.3) is 0 Å². The number of hydrogen-bond acceptors (Lipinski definition) is 4. The largest absolute Gasteiger partial charge is 0.392 e. The molecular weight excluding hydrogens is 494 g/mol. The highest BCUT2D eigenvalue weighted by Gasteiger charge is 2.32. The predicted molar refractivity (Wildman–Crippen MR) is 153 cm³/mol. The summed E-state index contributed by atoms with van der Waals surface area (Å²) >= 11 is 0. The third-order valence-corrected chi connectivity index (χ3v) is 10.5. The summed E-state index contributed by atoms with van der Waals surface area (Å²) in [4.78, 5) is 2.96. The predicted octanol–water partition coefficient (Wildman–Crippen LogP) is 5.77. The summed E-state index contributed by atoms with van der Waals surface area (Å²) in [7, 11) is -3.67. The van der Waals surface area contributed by atoms with Crippen LogP contribution in [0.4, 0.5) is 0 Å². The molecule has 1 saturated carbocycles. The Morgan fingerprint density at radius 3 is 2.21 bits per heavy atom. The number of sulfonamides is 1. The number of benzene rings is 2. The van der Waals surface area contributed by atoms with E-state index in [4.69, 9.17) is 0 Å². The Bertz CT molecular complexity index is 1330. The molecule has 2 aromatic carbocycles. The maximum atomic E-state index is 13.1. The van der Waals surface area contributed by atoms with Crippen molar-refractivity contribution < 1.29 is 13.5 Å². The van der Waals surface area contributed by atoms with E-state index in [9.17, 15) is 13.5 Å². The highest BCUT2D eigenvalue weighted by molar-refractivity contribution is 7.89. The number of hydrogen-bond donors (Lipinski definition) is 2. The van der Waals surface area contributed by atoms with E-state index in [0.717, 1.165) is 65.5 Å². The first-order chi connectivity index (χ1) is 18.3. The van der Waals surface area contributed by atoms with Crippen molar-refractivity contribution in [2.24, 2.45) is 11.8 Å². The van der Waals surface area contributed by atoms with Gasteiger partial charge in [0.15, 0.2) is 0 Å². The van der Waals surface area contributed by atoms with Crippen molar-refractivity contribution in [1.82, 2.24) is 14.2 Å². The minimum Gasteiger partial charge on any atom is -0.392 e. The Hall–Kier alpha value is -2.19. The lowest BCUT2D eigenvalue weighted by molar-refractivity contribution is 0.0888. The van der Waals surface area contributed by atoms with Gasteiger partial charge in [-0.1, -0.05) is 49.7 Å². The van der Waals surface area contributed by atoms with Crippen molar-refractivity contribution in [3.05, 3.63) is 65.4 Å². The highest BCUT2D eigenvalue weighted by Crippen LogP contribution is 2.37. The molecule has 206 valence electrons. The molecule has 1 saturated heterocycles. The van der Waals surface area contributed by atoms with Crippen LogP contribution in [0.15, 0.2) is 53.4 Å². The third-order valence-electron chi connectivity index (χ3n) is 9.11. The lowest BCUT2D eigenvalue weighted by Gasteiger charge is -2.42. The van der Waals surface area contributed by atoms with Gasteiger partial charge in [0.05, 0.1) is 18.0 Å². The van der Waals surface area contributed by atoms with Crippen molar-refractivity contribution >= 4 is 20.9 Å². The molecule has 2 fully saturated rings. The molecule has 5 rings (SSSR count). The van der Waals surface area contributed by atoms with Gasteiger partial charge in [-0.05, 0) is 75.5 Å². The van der Waals surface area contributed by atoms with Crippen LogP contribution in [0, 0.1) is 18.8 Å². The lowest BCUT2D eigenvalue weighted by Crippen LogP contribution is -2.44. The fourth-order valence-electron chi connectivity index (χ4n) is 6.78. The van der Waals surface area contributed by atoms with Gasteiger partial charge in [-0.25, -0.2) is 13.1 Å². The summed E-state index contributed by atoms with van der Waals surface area (Å²) in [6.45, 7) is 8.83. The monoisotopic (exact) mass is 537 g/mol. The van der Waals surface area contributed by atoms with Crippen molar-refractivity contribution in [2.45, 2.75) is 89.4 Å². The zero-order valence-electron chi connectivity index (χ0n) is 23.1. The first-order valence-electron chi connectivity index (χ1n) is 14.3. The van der Waals surface area contributed by atoms with Gasteiger partial charge in [-0.2, -0.15) is 0 Å². The summed E-state index contributed by atoms with van der Waals surface area (Å²) in [5.41, 5.74) is 3.80. The molecule has 6 nitrogen and oxygen atoms in total. The molecule has 2 aliphatic rings. The van der Waals surface area contributed by atoms with Gasteiger partial charge in [0, 0.05) is 47.3 Å². The normalized spacial score (nSPS) is 21.9.